The number of methoxy groups -OCH3 is 1. The quantitative estimate of drug-likeness (QED) is 0.929. The average Bonchev–Trinajstić information content (AvgIpc) is 2.36. The molecule has 0 unspecified atom stereocenters. The van der Waals surface area contributed by atoms with E-state index in [1.165, 1.54) is 29.5 Å². The first kappa shape index (κ1) is 12.9. The second-order valence-electron chi connectivity index (χ2n) is 4.59. The lowest BCUT2D eigenvalue weighted by Crippen LogP contribution is -2.11. The van der Waals surface area contributed by atoms with Crippen LogP contribution in [-0.4, -0.2) is 18.8 Å². The van der Waals surface area contributed by atoms with E-state index in [1.807, 2.05) is 0 Å². The van der Waals surface area contributed by atoms with Gasteiger partial charge in [0.25, 0.3) is 0 Å². The molecule has 1 N–H and O–H groups in total. The molecular formula is C14H19BrO2. The molecule has 0 saturated heterocycles. The fourth-order valence-electron chi connectivity index (χ4n) is 2.81. The zero-order chi connectivity index (χ0) is 12.4. The third-order valence-electron chi connectivity index (χ3n) is 3.68. The van der Waals surface area contributed by atoms with Gasteiger partial charge in [0, 0.05) is 12.2 Å². The van der Waals surface area contributed by atoms with Gasteiger partial charge in [0.1, 0.15) is 5.75 Å². The molecule has 0 radical (unpaired) electrons. The van der Waals surface area contributed by atoms with Crippen molar-refractivity contribution in [3.05, 3.63) is 26.7 Å². The van der Waals surface area contributed by atoms with Crippen molar-refractivity contribution in [1.29, 1.82) is 0 Å². The second-order valence-corrected chi connectivity index (χ2v) is 5.38. The van der Waals surface area contributed by atoms with Crippen LogP contribution in [0.15, 0.2) is 4.47 Å². The standard InChI is InChI=1S/C14H19BrO2/c1-9-10-5-3-4-6-12(10)13(15)14(17-2)11(9)7-8-16/h16H,3-8H2,1-2H3. The fraction of sp³-hybridized carbons (Fsp3) is 0.571. The molecule has 2 nitrogen and oxygen atoms in total. The topological polar surface area (TPSA) is 29.5 Å². The summed E-state index contributed by atoms with van der Waals surface area (Å²) in [6.07, 6.45) is 5.48. The van der Waals surface area contributed by atoms with Crippen LogP contribution in [0.2, 0.25) is 0 Å². The highest BCUT2D eigenvalue weighted by atomic mass is 79.9. The SMILES string of the molecule is COc1c(Br)c2c(c(C)c1CCO)CCCC2. The molecule has 0 fully saturated rings. The highest BCUT2D eigenvalue weighted by Gasteiger charge is 2.22. The smallest absolute Gasteiger partial charge is 0.136 e. The van der Waals surface area contributed by atoms with Gasteiger partial charge in [-0.1, -0.05) is 0 Å². The van der Waals surface area contributed by atoms with Crippen molar-refractivity contribution < 1.29 is 9.84 Å². The summed E-state index contributed by atoms with van der Waals surface area (Å²) < 4.78 is 6.62. The normalized spacial score (nSPS) is 14.6. The molecule has 1 aliphatic carbocycles. The summed E-state index contributed by atoms with van der Waals surface area (Å²) in [7, 11) is 1.70. The molecule has 1 aliphatic rings. The first-order valence-corrected chi connectivity index (χ1v) is 6.97. The van der Waals surface area contributed by atoms with Gasteiger partial charge in [-0.2, -0.15) is 0 Å². The Morgan fingerprint density at radius 2 is 1.88 bits per heavy atom. The van der Waals surface area contributed by atoms with Crippen LogP contribution in [0.5, 0.6) is 5.75 Å². The van der Waals surface area contributed by atoms with Gasteiger partial charge in [0.15, 0.2) is 0 Å². The van der Waals surface area contributed by atoms with Gasteiger partial charge in [-0.25, -0.2) is 0 Å². The summed E-state index contributed by atoms with van der Waals surface area (Å²) in [4.78, 5) is 0. The van der Waals surface area contributed by atoms with Gasteiger partial charge >= 0.3 is 0 Å². The van der Waals surface area contributed by atoms with Crippen LogP contribution in [-0.2, 0) is 19.3 Å². The highest BCUT2D eigenvalue weighted by molar-refractivity contribution is 9.10. The maximum atomic E-state index is 9.19. The molecule has 0 aromatic heterocycles. The van der Waals surface area contributed by atoms with Crippen molar-refractivity contribution in [3.63, 3.8) is 0 Å². The van der Waals surface area contributed by atoms with Crippen molar-refractivity contribution in [1.82, 2.24) is 0 Å². The number of aliphatic hydroxyl groups is 1. The van der Waals surface area contributed by atoms with E-state index in [-0.39, 0.29) is 6.61 Å². The van der Waals surface area contributed by atoms with Gasteiger partial charge < -0.3 is 9.84 Å². The average molecular weight is 299 g/mol. The van der Waals surface area contributed by atoms with E-state index in [9.17, 15) is 5.11 Å². The maximum Gasteiger partial charge on any atom is 0.136 e. The fourth-order valence-corrected chi connectivity index (χ4v) is 3.65. The number of benzene rings is 1. The molecule has 1 aromatic rings. The van der Waals surface area contributed by atoms with Crippen LogP contribution in [0.25, 0.3) is 0 Å². The van der Waals surface area contributed by atoms with Crippen LogP contribution >= 0.6 is 15.9 Å². The summed E-state index contributed by atoms with van der Waals surface area (Å²) in [5.41, 5.74) is 5.34. The minimum atomic E-state index is 0.169. The zero-order valence-corrected chi connectivity index (χ0v) is 12.1. The molecular weight excluding hydrogens is 280 g/mol. The summed E-state index contributed by atoms with van der Waals surface area (Å²) in [5.74, 6) is 0.914. The Morgan fingerprint density at radius 3 is 2.47 bits per heavy atom. The Bertz CT molecular complexity index is 427. The van der Waals surface area contributed by atoms with Crippen LogP contribution in [0.3, 0.4) is 0 Å². The van der Waals surface area contributed by atoms with E-state index < -0.39 is 0 Å². The largest absolute Gasteiger partial charge is 0.495 e. The number of fused-ring (bicyclic) bond motifs is 1. The van der Waals surface area contributed by atoms with Gasteiger partial charge in [-0.3, -0.25) is 0 Å². The minimum absolute atomic E-state index is 0.169. The monoisotopic (exact) mass is 298 g/mol. The van der Waals surface area contributed by atoms with E-state index in [0.29, 0.717) is 6.42 Å². The molecule has 0 atom stereocenters. The molecule has 2 rings (SSSR count). The molecule has 17 heavy (non-hydrogen) atoms. The molecule has 0 spiro atoms. The predicted molar refractivity (Wildman–Crippen MR) is 72.9 cm³/mol. The zero-order valence-electron chi connectivity index (χ0n) is 10.5. The third kappa shape index (κ3) is 2.23. The van der Waals surface area contributed by atoms with Crippen molar-refractivity contribution >= 4 is 15.9 Å². The molecule has 1 aromatic carbocycles. The highest BCUT2D eigenvalue weighted by Crippen LogP contribution is 2.41. The predicted octanol–water partition coefficient (Wildman–Crippen LogP) is 3.18. The van der Waals surface area contributed by atoms with E-state index in [2.05, 4.69) is 22.9 Å². The van der Waals surface area contributed by atoms with Crippen molar-refractivity contribution in [3.8, 4) is 5.75 Å². The van der Waals surface area contributed by atoms with Gasteiger partial charge in [-0.15, -0.1) is 0 Å². The second kappa shape index (κ2) is 5.40. The number of ether oxygens (including phenoxy) is 1. The lowest BCUT2D eigenvalue weighted by atomic mass is 9.85. The number of halogens is 1. The Morgan fingerprint density at radius 1 is 1.24 bits per heavy atom. The molecule has 0 saturated carbocycles. The lowest BCUT2D eigenvalue weighted by Gasteiger charge is -2.24. The molecule has 94 valence electrons. The number of hydrogen-bond acceptors (Lipinski definition) is 2. The Kier molecular flexibility index (Phi) is 4.10. The van der Waals surface area contributed by atoms with Crippen LogP contribution < -0.4 is 4.74 Å². The third-order valence-corrected chi connectivity index (χ3v) is 4.52. The van der Waals surface area contributed by atoms with E-state index in [4.69, 9.17) is 4.74 Å². The molecule has 0 aliphatic heterocycles. The summed E-state index contributed by atoms with van der Waals surface area (Å²) in [6, 6.07) is 0. The number of hydrogen-bond donors (Lipinski definition) is 1. The van der Waals surface area contributed by atoms with Crippen LogP contribution in [0.4, 0.5) is 0 Å². The number of aliphatic hydroxyl groups excluding tert-OH is 1. The van der Waals surface area contributed by atoms with Crippen LogP contribution in [0, 0.1) is 6.92 Å². The van der Waals surface area contributed by atoms with Gasteiger partial charge in [0.05, 0.1) is 11.6 Å². The first-order valence-electron chi connectivity index (χ1n) is 6.18. The van der Waals surface area contributed by atoms with Crippen molar-refractivity contribution in [2.45, 2.75) is 39.0 Å². The Labute approximate surface area is 111 Å². The van der Waals surface area contributed by atoms with Gasteiger partial charge in [0.2, 0.25) is 0 Å². The minimum Gasteiger partial charge on any atom is -0.495 e. The lowest BCUT2D eigenvalue weighted by molar-refractivity contribution is 0.296. The Hall–Kier alpha value is -0.540. The number of rotatable bonds is 3. The summed E-state index contributed by atoms with van der Waals surface area (Å²) in [5, 5.41) is 9.19. The van der Waals surface area contributed by atoms with E-state index >= 15 is 0 Å². The van der Waals surface area contributed by atoms with Gasteiger partial charge in [-0.05, 0) is 71.6 Å². The molecule has 0 bridgehead atoms. The van der Waals surface area contributed by atoms with E-state index in [0.717, 1.165) is 28.6 Å². The first-order chi connectivity index (χ1) is 8.20. The molecule has 3 heteroatoms. The van der Waals surface area contributed by atoms with Crippen molar-refractivity contribution in [2.75, 3.05) is 13.7 Å². The van der Waals surface area contributed by atoms with Crippen molar-refractivity contribution in [2.24, 2.45) is 0 Å². The summed E-state index contributed by atoms with van der Waals surface area (Å²) >= 11 is 3.68. The molecule has 0 amide bonds. The summed E-state index contributed by atoms with van der Waals surface area (Å²) in [6.45, 7) is 2.33. The Balaban J connectivity index is 2.63. The maximum absolute atomic E-state index is 9.19. The van der Waals surface area contributed by atoms with Crippen LogP contribution in [0.1, 0.15) is 35.1 Å². The molecule has 0 heterocycles. The van der Waals surface area contributed by atoms with E-state index in [1.54, 1.807) is 7.11 Å².